The molecule has 2 unspecified atom stereocenters. The highest BCUT2D eigenvalue weighted by molar-refractivity contribution is 7.16. The summed E-state index contributed by atoms with van der Waals surface area (Å²) in [6, 6.07) is 6.50. The van der Waals surface area contributed by atoms with Gasteiger partial charge in [0.2, 0.25) is 5.89 Å². The summed E-state index contributed by atoms with van der Waals surface area (Å²) in [5.41, 5.74) is 4.88. The van der Waals surface area contributed by atoms with Gasteiger partial charge in [0.1, 0.15) is 12.9 Å². The Kier molecular flexibility index (Phi) is 3.63. The van der Waals surface area contributed by atoms with Crippen LogP contribution in [0, 0.1) is 11.8 Å². The monoisotopic (exact) mass is 446 g/mol. The quantitative estimate of drug-likeness (QED) is 0.413. The predicted molar refractivity (Wildman–Crippen MR) is 118 cm³/mol. The van der Waals surface area contributed by atoms with Crippen LogP contribution in [0.15, 0.2) is 45.7 Å². The number of piperidine rings is 1. The van der Waals surface area contributed by atoms with Gasteiger partial charge in [-0.3, -0.25) is 9.36 Å². The van der Waals surface area contributed by atoms with Crippen molar-refractivity contribution in [3.8, 4) is 0 Å². The maximum atomic E-state index is 12.7. The van der Waals surface area contributed by atoms with Gasteiger partial charge in [0.15, 0.2) is 17.0 Å². The van der Waals surface area contributed by atoms with Crippen LogP contribution in [-0.4, -0.2) is 47.3 Å². The largest absolute Gasteiger partial charge is 0.371 e. The molecule has 10 nitrogen and oxygen atoms in total. The zero-order chi connectivity index (χ0) is 21.4. The first-order chi connectivity index (χ1) is 15.7. The lowest BCUT2D eigenvalue weighted by Crippen LogP contribution is -2.23. The van der Waals surface area contributed by atoms with Crippen molar-refractivity contribution < 1.29 is 4.52 Å². The van der Waals surface area contributed by atoms with Gasteiger partial charge in [0.05, 0.1) is 22.1 Å². The van der Waals surface area contributed by atoms with Gasteiger partial charge >= 0.3 is 0 Å². The third-order valence-electron chi connectivity index (χ3n) is 6.66. The summed E-state index contributed by atoms with van der Waals surface area (Å²) in [5, 5.41) is 4.22. The molecule has 1 aliphatic heterocycles. The second-order valence-electron chi connectivity index (χ2n) is 8.51. The van der Waals surface area contributed by atoms with Crippen LogP contribution in [-0.2, 0) is 13.6 Å². The molecule has 0 amide bonds. The normalized spacial score (nSPS) is 22.2. The van der Waals surface area contributed by atoms with Crippen molar-refractivity contribution in [2.24, 2.45) is 18.9 Å². The summed E-state index contributed by atoms with van der Waals surface area (Å²) in [4.78, 5) is 32.5. The van der Waals surface area contributed by atoms with E-state index in [-0.39, 0.29) is 12.1 Å². The van der Waals surface area contributed by atoms with Crippen LogP contribution >= 0.6 is 11.3 Å². The number of rotatable bonds is 4. The number of imidazole rings is 1. The van der Waals surface area contributed by atoms with E-state index in [1.54, 1.807) is 29.3 Å². The maximum absolute atomic E-state index is 12.7. The molecule has 7 rings (SSSR count). The summed E-state index contributed by atoms with van der Waals surface area (Å²) in [6.07, 6.45) is 3.06. The van der Waals surface area contributed by atoms with Crippen LogP contribution in [0.4, 0.5) is 5.69 Å². The Balaban J connectivity index is 1.07. The van der Waals surface area contributed by atoms with Crippen molar-refractivity contribution in [2.75, 3.05) is 18.0 Å². The summed E-state index contributed by atoms with van der Waals surface area (Å²) in [5.74, 6) is 2.54. The van der Waals surface area contributed by atoms with Gasteiger partial charge in [-0.1, -0.05) is 5.16 Å². The molecule has 0 radical (unpaired) electrons. The Morgan fingerprint density at radius 3 is 2.88 bits per heavy atom. The van der Waals surface area contributed by atoms with E-state index in [0.29, 0.717) is 34.8 Å². The first-order valence-corrected chi connectivity index (χ1v) is 11.3. The van der Waals surface area contributed by atoms with E-state index >= 15 is 0 Å². The van der Waals surface area contributed by atoms with E-state index in [2.05, 4.69) is 48.2 Å². The van der Waals surface area contributed by atoms with Gasteiger partial charge in [-0.2, -0.15) is 4.98 Å². The first kappa shape index (κ1) is 18.0. The highest BCUT2D eigenvalue weighted by atomic mass is 32.1. The van der Waals surface area contributed by atoms with E-state index in [9.17, 15) is 4.79 Å². The van der Waals surface area contributed by atoms with Gasteiger partial charge in [-0.05, 0) is 30.0 Å². The number of hydrogen-bond donors (Lipinski definition) is 0. The van der Waals surface area contributed by atoms with Gasteiger partial charge in [0, 0.05) is 31.7 Å². The molecule has 0 N–H and O–H groups in total. The van der Waals surface area contributed by atoms with Crippen molar-refractivity contribution in [1.82, 2.24) is 34.2 Å². The lowest BCUT2D eigenvalue weighted by Gasteiger charge is -2.21. The average molecular weight is 446 g/mol. The standard InChI is InChI=1S/C21H18N8O2S/c1-27-8-22-20-18(27)21(30)29(9-23-20)7-16-25-19(26-31-16)17-12-5-28(6-13(12)17)11-2-3-15-14(4-11)24-10-32-15/h2-4,8-10,12-13,17H,5-7H2,1H3. The van der Waals surface area contributed by atoms with Gasteiger partial charge in [-0.25, -0.2) is 15.0 Å². The number of aromatic nitrogens is 7. The number of nitrogens with zero attached hydrogens (tertiary/aromatic N) is 8. The Morgan fingerprint density at radius 2 is 2.00 bits per heavy atom. The summed E-state index contributed by atoms with van der Waals surface area (Å²) < 4.78 is 9.84. The SMILES string of the molecule is Cn1cnc2ncn(Cc3nc(C4C5CN(c6ccc7scnc7c6)CC54)no3)c(=O)c21. The molecule has 1 aromatic carbocycles. The molecule has 1 aliphatic carbocycles. The molecule has 5 aromatic rings. The van der Waals surface area contributed by atoms with Gasteiger partial charge in [0.25, 0.3) is 5.56 Å². The highest BCUT2D eigenvalue weighted by Crippen LogP contribution is 2.58. The second-order valence-corrected chi connectivity index (χ2v) is 9.40. The third kappa shape index (κ3) is 2.63. The maximum Gasteiger partial charge on any atom is 0.280 e. The minimum absolute atomic E-state index is 0.175. The highest BCUT2D eigenvalue weighted by Gasteiger charge is 2.58. The molecule has 0 spiro atoms. The Bertz CT molecular complexity index is 1540. The number of anilines is 1. The number of fused-ring (bicyclic) bond motifs is 3. The Hall–Kier alpha value is -3.60. The van der Waals surface area contributed by atoms with E-state index in [0.717, 1.165) is 24.4 Å². The predicted octanol–water partition coefficient (Wildman–Crippen LogP) is 2.02. The molecule has 1 saturated carbocycles. The number of aryl methyl sites for hydroxylation is 1. The second kappa shape index (κ2) is 6.45. The lowest BCUT2D eigenvalue weighted by molar-refractivity contribution is 0.363. The van der Waals surface area contributed by atoms with Crippen LogP contribution < -0.4 is 10.5 Å². The molecular formula is C21H18N8O2S. The number of thiazole rings is 1. The average Bonchev–Trinajstić information content (AvgIpc) is 3.38. The van der Waals surface area contributed by atoms with Crippen molar-refractivity contribution in [1.29, 1.82) is 0 Å². The molecule has 2 atom stereocenters. The zero-order valence-corrected chi connectivity index (χ0v) is 17.9. The van der Waals surface area contributed by atoms with E-state index in [1.165, 1.54) is 21.3 Å². The molecule has 32 heavy (non-hydrogen) atoms. The fourth-order valence-electron chi connectivity index (χ4n) is 4.96. The van der Waals surface area contributed by atoms with Crippen LogP contribution in [0.3, 0.4) is 0 Å². The number of hydrogen-bond acceptors (Lipinski definition) is 9. The molecule has 11 heteroatoms. The van der Waals surface area contributed by atoms with Crippen LogP contribution in [0.1, 0.15) is 17.6 Å². The van der Waals surface area contributed by atoms with Crippen molar-refractivity contribution in [3.63, 3.8) is 0 Å². The summed E-state index contributed by atoms with van der Waals surface area (Å²) >= 11 is 1.66. The summed E-state index contributed by atoms with van der Waals surface area (Å²) in [7, 11) is 1.78. The van der Waals surface area contributed by atoms with Crippen LogP contribution in [0.5, 0.6) is 0 Å². The molecule has 4 aromatic heterocycles. The topological polar surface area (TPSA) is 108 Å². The Labute approximate surface area is 185 Å². The van der Waals surface area contributed by atoms with Crippen molar-refractivity contribution in [2.45, 2.75) is 12.5 Å². The smallest absolute Gasteiger partial charge is 0.280 e. The van der Waals surface area contributed by atoms with Crippen molar-refractivity contribution >= 4 is 38.4 Å². The zero-order valence-electron chi connectivity index (χ0n) is 17.1. The molecule has 2 fully saturated rings. The fourth-order valence-corrected chi connectivity index (χ4v) is 5.62. The Morgan fingerprint density at radius 1 is 1.16 bits per heavy atom. The minimum Gasteiger partial charge on any atom is -0.371 e. The molecular weight excluding hydrogens is 428 g/mol. The van der Waals surface area contributed by atoms with E-state index in [1.807, 2.05) is 5.51 Å². The lowest BCUT2D eigenvalue weighted by atomic mass is 10.2. The van der Waals surface area contributed by atoms with Crippen LogP contribution in [0.2, 0.25) is 0 Å². The minimum atomic E-state index is -0.175. The van der Waals surface area contributed by atoms with Gasteiger partial charge < -0.3 is 14.0 Å². The number of benzene rings is 1. The molecule has 160 valence electrons. The molecule has 1 saturated heterocycles. The third-order valence-corrected chi connectivity index (χ3v) is 7.47. The van der Waals surface area contributed by atoms with Gasteiger partial charge in [-0.15, -0.1) is 11.3 Å². The molecule has 0 bridgehead atoms. The summed E-state index contributed by atoms with van der Waals surface area (Å²) in [6.45, 7) is 2.16. The first-order valence-electron chi connectivity index (χ1n) is 10.4. The molecule has 5 heterocycles. The van der Waals surface area contributed by atoms with Crippen LogP contribution in [0.25, 0.3) is 21.4 Å². The van der Waals surface area contributed by atoms with Crippen molar-refractivity contribution in [3.05, 3.63) is 58.4 Å². The van der Waals surface area contributed by atoms with E-state index < -0.39 is 0 Å². The van der Waals surface area contributed by atoms with E-state index in [4.69, 9.17) is 4.52 Å². The fraction of sp³-hybridized carbons (Fsp3) is 0.333. The molecule has 2 aliphatic rings.